The number of hydrogen-bond donors (Lipinski definition) is 1. The van der Waals surface area contributed by atoms with Crippen molar-refractivity contribution in [2.75, 3.05) is 6.54 Å². The molecule has 1 saturated heterocycles. The Labute approximate surface area is 121 Å². The van der Waals surface area contributed by atoms with Crippen LogP contribution in [0.25, 0.3) is 0 Å². The SMILES string of the molecule is O=C(O)C1CCCCCN1S(=O)(=O)c1c(F)cccc1F. The van der Waals surface area contributed by atoms with Crippen molar-refractivity contribution >= 4 is 16.0 Å². The smallest absolute Gasteiger partial charge is 0.322 e. The molecule has 5 nitrogen and oxygen atoms in total. The molecule has 0 spiro atoms. The van der Waals surface area contributed by atoms with Crippen LogP contribution in [0.15, 0.2) is 23.1 Å². The molecule has 0 saturated carbocycles. The Morgan fingerprint density at radius 3 is 2.38 bits per heavy atom. The zero-order valence-corrected chi connectivity index (χ0v) is 11.9. The van der Waals surface area contributed by atoms with E-state index in [2.05, 4.69) is 0 Å². The monoisotopic (exact) mass is 319 g/mol. The third-order valence-electron chi connectivity index (χ3n) is 3.47. The van der Waals surface area contributed by atoms with E-state index in [1.807, 2.05) is 0 Å². The van der Waals surface area contributed by atoms with Crippen LogP contribution in [0.1, 0.15) is 25.7 Å². The van der Waals surface area contributed by atoms with Crippen molar-refractivity contribution in [1.29, 1.82) is 0 Å². The van der Waals surface area contributed by atoms with Crippen molar-refractivity contribution in [2.45, 2.75) is 36.6 Å². The molecular formula is C13H15F2NO4S. The molecule has 1 atom stereocenters. The number of aliphatic carboxylic acids is 1. The van der Waals surface area contributed by atoms with Crippen molar-refractivity contribution in [3.05, 3.63) is 29.8 Å². The summed E-state index contributed by atoms with van der Waals surface area (Å²) in [5.74, 6) is -3.75. The Morgan fingerprint density at radius 2 is 1.81 bits per heavy atom. The quantitative estimate of drug-likeness (QED) is 0.924. The molecule has 0 radical (unpaired) electrons. The van der Waals surface area contributed by atoms with Crippen LogP contribution in [0, 0.1) is 11.6 Å². The van der Waals surface area contributed by atoms with E-state index in [0.29, 0.717) is 23.6 Å². The topological polar surface area (TPSA) is 74.7 Å². The third kappa shape index (κ3) is 3.06. The van der Waals surface area contributed by atoms with E-state index >= 15 is 0 Å². The van der Waals surface area contributed by atoms with Crippen LogP contribution in [-0.4, -0.2) is 36.4 Å². The third-order valence-corrected chi connectivity index (χ3v) is 5.43. The lowest BCUT2D eigenvalue weighted by molar-refractivity contribution is -0.141. The van der Waals surface area contributed by atoms with Gasteiger partial charge in [-0.05, 0) is 25.0 Å². The van der Waals surface area contributed by atoms with Gasteiger partial charge >= 0.3 is 5.97 Å². The summed E-state index contributed by atoms with van der Waals surface area (Å²) in [5.41, 5.74) is 0. The second-order valence-corrected chi connectivity index (χ2v) is 6.70. The number of carboxylic acids is 1. The molecule has 1 N–H and O–H groups in total. The summed E-state index contributed by atoms with van der Waals surface area (Å²) in [6.45, 7) is -0.0624. The second-order valence-electron chi connectivity index (χ2n) is 4.87. The Bertz CT molecular complexity index is 627. The average Bonchev–Trinajstić information content (AvgIpc) is 2.64. The number of halogens is 2. The highest BCUT2D eigenvalue weighted by Gasteiger charge is 2.39. The molecule has 0 aliphatic carbocycles. The molecule has 1 unspecified atom stereocenters. The summed E-state index contributed by atoms with van der Waals surface area (Å²) in [4.78, 5) is 10.2. The van der Waals surface area contributed by atoms with Crippen molar-refractivity contribution in [3.8, 4) is 0 Å². The minimum Gasteiger partial charge on any atom is -0.480 e. The van der Waals surface area contributed by atoms with Crippen LogP contribution in [0.4, 0.5) is 8.78 Å². The Morgan fingerprint density at radius 1 is 1.19 bits per heavy atom. The molecule has 1 aromatic rings. The first-order chi connectivity index (χ1) is 9.85. The fraction of sp³-hybridized carbons (Fsp3) is 0.462. The van der Waals surface area contributed by atoms with E-state index < -0.39 is 38.6 Å². The van der Waals surface area contributed by atoms with Crippen molar-refractivity contribution < 1.29 is 27.1 Å². The summed E-state index contributed by atoms with van der Waals surface area (Å²) >= 11 is 0. The molecule has 8 heteroatoms. The van der Waals surface area contributed by atoms with Gasteiger partial charge in [0.2, 0.25) is 10.0 Å². The molecule has 21 heavy (non-hydrogen) atoms. The Kier molecular flexibility index (Phi) is 4.58. The van der Waals surface area contributed by atoms with Gasteiger partial charge in [-0.15, -0.1) is 0 Å². The van der Waals surface area contributed by atoms with Gasteiger partial charge in [-0.3, -0.25) is 4.79 Å². The maximum atomic E-state index is 13.7. The van der Waals surface area contributed by atoms with Crippen LogP contribution in [-0.2, 0) is 14.8 Å². The van der Waals surface area contributed by atoms with Crippen LogP contribution in [0.5, 0.6) is 0 Å². The first-order valence-corrected chi connectivity index (χ1v) is 7.98. The molecule has 0 bridgehead atoms. The normalized spacial score (nSPS) is 21.0. The molecule has 1 aromatic carbocycles. The van der Waals surface area contributed by atoms with Crippen LogP contribution in [0.2, 0.25) is 0 Å². The Balaban J connectivity index is 2.52. The molecule has 0 amide bonds. The van der Waals surface area contributed by atoms with Gasteiger partial charge in [0.15, 0.2) is 4.90 Å². The van der Waals surface area contributed by atoms with Gasteiger partial charge in [0.05, 0.1) is 0 Å². The van der Waals surface area contributed by atoms with E-state index in [1.165, 1.54) is 0 Å². The van der Waals surface area contributed by atoms with Gasteiger partial charge in [-0.25, -0.2) is 17.2 Å². The zero-order chi connectivity index (χ0) is 15.6. The van der Waals surface area contributed by atoms with Gasteiger partial charge in [0.1, 0.15) is 17.7 Å². The lowest BCUT2D eigenvalue weighted by Crippen LogP contribution is -2.45. The highest BCUT2D eigenvalue weighted by Crippen LogP contribution is 2.28. The molecule has 0 aromatic heterocycles. The maximum Gasteiger partial charge on any atom is 0.322 e. The van der Waals surface area contributed by atoms with Gasteiger partial charge in [-0.2, -0.15) is 4.31 Å². The second kappa shape index (κ2) is 6.07. The number of carboxylic acid groups (broad SMARTS) is 1. The van der Waals surface area contributed by atoms with Gasteiger partial charge in [0.25, 0.3) is 0 Å². The number of sulfonamides is 1. The molecule has 1 aliphatic heterocycles. The van der Waals surface area contributed by atoms with Gasteiger partial charge in [-0.1, -0.05) is 18.9 Å². The zero-order valence-electron chi connectivity index (χ0n) is 11.1. The van der Waals surface area contributed by atoms with Crippen molar-refractivity contribution in [3.63, 3.8) is 0 Å². The maximum absolute atomic E-state index is 13.7. The summed E-state index contributed by atoms with van der Waals surface area (Å²) in [6.07, 6.45) is 1.82. The highest BCUT2D eigenvalue weighted by atomic mass is 32.2. The minimum atomic E-state index is -4.54. The number of benzene rings is 1. The summed E-state index contributed by atoms with van der Waals surface area (Å²) < 4.78 is 53.1. The number of rotatable bonds is 3. The number of nitrogens with zero attached hydrogens (tertiary/aromatic N) is 1. The molecule has 2 rings (SSSR count). The number of hydrogen-bond acceptors (Lipinski definition) is 3. The molecular weight excluding hydrogens is 304 g/mol. The molecule has 1 aliphatic rings. The lowest BCUT2D eigenvalue weighted by Gasteiger charge is -2.26. The summed E-state index contributed by atoms with van der Waals surface area (Å²) in [5, 5.41) is 9.19. The summed E-state index contributed by atoms with van der Waals surface area (Å²) in [6, 6.07) is 1.44. The highest BCUT2D eigenvalue weighted by molar-refractivity contribution is 7.89. The van der Waals surface area contributed by atoms with Gasteiger partial charge < -0.3 is 5.11 Å². The van der Waals surface area contributed by atoms with E-state index in [4.69, 9.17) is 0 Å². The standard InChI is InChI=1S/C13H15F2NO4S/c14-9-5-4-6-10(15)12(9)21(19,20)16-8-3-1-2-7-11(16)13(17)18/h4-6,11H,1-3,7-8H2,(H,17,18). The molecule has 1 heterocycles. The van der Waals surface area contributed by atoms with E-state index in [1.54, 1.807) is 0 Å². The Hall–Kier alpha value is -1.54. The molecule has 116 valence electrons. The predicted octanol–water partition coefficient (Wildman–Crippen LogP) is 1.98. The van der Waals surface area contributed by atoms with Crippen molar-refractivity contribution in [2.24, 2.45) is 0 Å². The fourth-order valence-electron chi connectivity index (χ4n) is 2.46. The first kappa shape index (κ1) is 15.8. The van der Waals surface area contributed by atoms with E-state index in [0.717, 1.165) is 18.2 Å². The van der Waals surface area contributed by atoms with Crippen LogP contribution >= 0.6 is 0 Å². The average molecular weight is 319 g/mol. The molecule has 1 fully saturated rings. The minimum absolute atomic E-state index is 0.0624. The van der Waals surface area contributed by atoms with Crippen molar-refractivity contribution in [1.82, 2.24) is 4.31 Å². The largest absolute Gasteiger partial charge is 0.480 e. The summed E-state index contributed by atoms with van der Waals surface area (Å²) in [7, 11) is -4.54. The van der Waals surface area contributed by atoms with Crippen LogP contribution in [0.3, 0.4) is 0 Å². The van der Waals surface area contributed by atoms with Gasteiger partial charge in [0, 0.05) is 6.54 Å². The fourth-order valence-corrected chi connectivity index (χ4v) is 4.23. The first-order valence-electron chi connectivity index (χ1n) is 6.54. The van der Waals surface area contributed by atoms with E-state index in [9.17, 15) is 27.1 Å². The lowest BCUT2D eigenvalue weighted by atomic mass is 10.1. The van der Waals surface area contributed by atoms with E-state index in [-0.39, 0.29) is 13.0 Å². The predicted molar refractivity (Wildman–Crippen MR) is 70.1 cm³/mol. The van der Waals surface area contributed by atoms with Crippen LogP contribution < -0.4 is 0 Å². The number of carbonyl (C=O) groups is 1.